The summed E-state index contributed by atoms with van der Waals surface area (Å²) < 4.78 is 29.6. The first-order valence-corrected chi connectivity index (χ1v) is 9.04. The normalized spacial score (nSPS) is 11.6. The maximum absolute atomic E-state index is 12.2. The Balaban J connectivity index is 2.10. The minimum atomic E-state index is -3.71. The predicted molar refractivity (Wildman–Crippen MR) is 93.0 cm³/mol. The van der Waals surface area contributed by atoms with Crippen LogP contribution in [0, 0.1) is 0 Å². The van der Waals surface area contributed by atoms with Crippen molar-refractivity contribution < 1.29 is 18.3 Å². The number of hydrazone groups is 1. The second-order valence-electron chi connectivity index (χ2n) is 5.01. The molecule has 0 radical (unpaired) electrons. The fourth-order valence-corrected chi connectivity index (χ4v) is 2.80. The van der Waals surface area contributed by atoms with Crippen LogP contribution in [0.1, 0.15) is 25.0 Å². The van der Waals surface area contributed by atoms with Gasteiger partial charge in [0, 0.05) is 0 Å². The molecule has 0 spiro atoms. The van der Waals surface area contributed by atoms with Crippen molar-refractivity contribution in [3.8, 4) is 11.5 Å². The highest BCUT2D eigenvalue weighted by molar-refractivity contribution is 7.89. The molecule has 128 valence electrons. The lowest BCUT2D eigenvalue weighted by molar-refractivity contribution is 0.318. The molecule has 0 amide bonds. The van der Waals surface area contributed by atoms with Crippen molar-refractivity contribution in [2.24, 2.45) is 5.10 Å². The van der Waals surface area contributed by atoms with Crippen molar-refractivity contribution in [3.63, 3.8) is 0 Å². The Morgan fingerprint density at radius 1 is 1.17 bits per heavy atom. The van der Waals surface area contributed by atoms with Gasteiger partial charge in [-0.2, -0.15) is 13.5 Å². The number of phenolic OH excluding ortho intramolecular Hbond substituents is 1. The zero-order valence-electron chi connectivity index (χ0n) is 13.6. The Labute approximate surface area is 141 Å². The minimum absolute atomic E-state index is 0.0191. The molecule has 6 nitrogen and oxygen atoms in total. The molecule has 0 saturated heterocycles. The van der Waals surface area contributed by atoms with Crippen molar-refractivity contribution >= 4 is 16.2 Å². The molecule has 0 aliphatic heterocycles. The van der Waals surface area contributed by atoms with Crippen LogP contribution in [0.5, 0.6) is 11.5 Å². The Morgan fingerprint density at radius 3 is 2.50 bits per heavy atom. The number of aromatic hydroxyl groups is 1. The molecule has 0 aliphatic carbocycles. The fraction of sp³-hybridized carbons (Fsp3) is 0.235. The molecule has 0 fully saturated rings. The number of hydrogen-bond donors (Lipinski definition) is 2. The highest BCUT2D eigenvalue weighted by Gasteiger charge is 2.12. The first-order valence-electron chi connectivity index (χ1n) is 7.56. The summed E-state index contributed by atoms with van der Waals surface area (Å²) in [5.74, 6) is 0.338. The molecule has 0 saturated carbocycles. The maximum Gasteiger partial charge on any atom is 0.276 e. The lowest BCUT2D eigenvalue weighted by atomic mass is 10.2. The summed E-state index contributed by atoms with van der Waals surface area (Å²) in [6.45, 7) is 4.22. The van der Waals surface area contributed by atoms with E-state index in [9.17, 15) is 13.5 Å². The third kappa shape index (κ3) is 4.48. The number of hydrogen-bond acceptors (Lipinski definition) is 5. The average molecular weight is 348 g/mol. The molecule has 0 aromatic heterocycles. The Hall–Kier alpha value is -2.54. The second kappa shape index (κ2) is 7.83. The van der Waals surface area contributed by atoms with Gasteiger partial charge in [0.1, 0.15) is 0 Å². The molecule has 24 heavy (non-hydrogen) atoms. The number of sulfonamides is 1. The summed E-state index contributed by atoms with van der Waals surface area (Å²) in [5.41, 5.74) is 1.66. The third-order valence-electron chi connectivity index (χ3n) is 3.31. The summed E-state index contributed by atoms with van der Waals surface area (Å²) in [4.78, 5) is 2.32. The average Bonchev–Trinajstić information content (AvgIpc) is 2.58. The second-order valence-corrected chi connectivity index (χ2v) is 6.67. The standard InChI is InChI=1S/C17H20N2O4S/c1-3-13-5-8-15(9-6-13)24(21,22)19-18-12-14-7-10-16(20)17(11-14)23-4-2/h5-12,19-20H,3-4H2,1-2H3/b18-12+. The van der Waals surface area contributed by atoms with Crippen molar-refractivity contribution in [1.29, 1.82) is 0 Å². The molecule has 7 heteroatoms. The quantitative estimate of drug-likeness (QED) is 0.595. The number of nitrogens with one attached hydrogen (secondary N) is 1. The fourth-order valence-electron chi connectivity index (χ4n) is 2.01. The maximum atomic E-state index is 12.2. The Kier molecular flexibility index (Phi) is 5.81. The number of phenols is 1. The topological polar surface area (TPSA) is 88.0 Å². The summed E-state index contributed by atoms with van der Waals surface area (Å²) in [6.07, 6.45) is 2.19. The monoisotopic (exact) mass is 348 g/mol. The van der Waals surface area contributed by atoms with E-state index in [4.69, 9.17) is 4.74 Å². The van der Waals surface area contributed by atoms with Gasteiger partial charge in [0.05, 0.1) is 17.7 Å². The van der Waals surface area contributed by atoms with E-state index in [0.717, 1.165) is 12.0 Å². The van der Waals surface area contributed by atoms with Crippen molar-refractivity contribution in [3.05, 3.63) is 53.6 Å². The molecule has 2 rings (SSSR count). The molecular formula is C17H20N2O4S. The van der Waals surface area contributed by atoms with Gasteiger partial charge in [0.2, 0.25) is 0 Å². The Bertz CT molecular complexity index is 815. The van der Waals surface area contributed by atoms with E-state index >= 15 is 0 Å². The van der Waals surface area contributed by atoms with E-state index in [1.54, 1.807) is 43.3 Å². The summed E-state index contributed by atoms with van der Waals surface area (Å²) >= 11 is 0. The van der Waals surface area contributed by atoms with E-state index in [0.29, 0.717) is 17.9 Å². The summed E-state index contributed by atoms with van der Waals surface area (Å²) in [7, 11) is -3.71. The number of aryl methyl sites for hydroxylation is 1. The van der Waals surface area contributed by atoms with Gasteiger partial charge >= 0.3 is 0 Å². The van der Waals surface area contributed by atoms with E-state index < -0.39 is 10.0 Å². The van der Waals surface area contributed by atoms with Crippen LogP contribution in [0.4, 0.5) is 0 Å². The molecule has 0 heterocycles. The van der Waals surface area contributed by atoms with Crippen LogP contribution in [0.2, 0.25) is 0 Å². The van der Waals surface area contributed by atoms with Gasteiger partial charge in [0.15, 0.2) is 11.5 Å². The number of nitrogens with zero attached hydrogens (tertiary/aromatic N) is 1. The van der Waals surface area contributed by atoms with Gasteiger partial charge in [-0.25, -0.2) is 4.83 Å². The first-order chi connectivity index (χ1) is 11.5. The van der Waals surface area contributed by atoms with Gasteiger partial charge in [-0.05, 0) is 54.8 Å². The molecule has 2 aromatic rings. The van der Waals surface area contributed by atoms with E-state index in [1.807, 2.05) is 6.92 Å². The molecule has 0 bridgehead atoms. The van der Waals surface area contributed by atoms with Gasteiger partial charge in [-0.15, -0.1) is 0 Å². The highest BCUT2D eigenvalue weighted by Crippen LogP contribution is 2.26. The smallest absolute Gasteiger partial charge is 0.276 e. The van der Waals surface area contributed by atoms with Crippen LogP contribution in [0.15, 0.2) is 52.5 Å². The lowest BCUT2D eigenvalue weighted by Crippen LogP contribution is -2.18. The van der Waals surface area contributed by atoms with E-state index in [1.165, 1.54) is 12.3 Å². The zero-order chi connectivity index (χ0) is 17.6. The van der Waals surface area contributed by atoms with Crippen LogP contribution in [0.25, 0.3) is 0 Å². The number of ether oxygens (including phenoxy) is 1. The first kappa shape index (κ1) is 17.8. The van der Waals surface area contributed by atoms with Gasteiger partial charge in [-0.3, -0.25) is 0 Å². The minimum Gasteiger partial charge on any atom is -0.504 e. The van der Waals surface area contributed by atoms with E-state index in [2.05, 4.69) is 9.93 Å². The van der Waals surface area contributed by atoms with Crippen molar-refractivity contribution in [2.45, 2.75) is 25.2 Å². The van der Waals surface area contributed by atoms with Gasteiger partial charge < -0.3 is 9.84 Å². The molecule has 2 N–H and O–H groups in total. The Morgan fingerprint density at radius 2 is 1.88 bits per heavy atom. The molecule has 2 aromatic carbocycles. The molecule has 0 aliphatic rings. The number of benzene rings is 2. The van der Waals surface area contributed by atoms with Crippen LogP contribution in [0.3, 0.4) is 0 Å². The highest BCUT2D eigenvalue weighted by atomic mass is 32.2. The van der Waals surface area contributed by atoms with E-state index in [-0.39, 0.29) is 10.6 Å². The summed E-state index contributed by atoms with van der Waals surface area (Å²) in [6, 6.07) is 11.3. The van der Waals surface area contributed by atoms with Crippen LogP contribution >= 0.6 is 0 Å². The summed E-state index contributed by atoms with van der Waals surface area (Å²) in [5, 5.41) is 13.4. The molecule has 0 atom stereocenters. The molecule has 0 unspecified atom stereocenters. The SMILES string of the molecule is CCOc1cc(/C=N/NS(=O)(=O)c2ccc(CC)cc2)ccc1O. The predicted octanol–water partition coefficient (Wildman–Crippen LogP) is 2.67. The van der Waals surface area contributed by atoms with Crippen LogP contribution < -0.4 is 9.57 Å². The zero-order valence-corrected chi connectivity index (χ0v) is 14.4. The molecular weight excluding hydrogens is 328 g/mol. The van der Waals surface area contributed by atoms with Crippen LogP contribution in [-0.4, -0.2) is 26.3 Å². The van der Waals surface area contributed by atoms with Gasteiger partial charge in [-0.1, -0.05) is 19.1 Å². The third-order valence-corrected chi connectivity index (χ3v) is 4.55. The van der Waals surface area contributed by atoms with Gasteiger partial charge in [0.25, 0.3) is 10.0 Å². The largest absolute Gasteiger partial charge is 0.504 e. The number of rotatable bonds is 7. The van der Waals surface area contributed by atoms with Crippen molar-refractivity contribution in [1.82, 2.24) is 4.83 Å². The van der Waals surface area contributed by atoms with Crippen molar-refractivity contribution in [2.75, 3.05) is 6.61 Å². The van der Waals surface area contributed by atoms with Crippen LogP contribution in [-0.2, 0) is 16.4 Å². The lowest BCUT2D eigenvalue weighted by Gasteiger charge is -2.06.